The number of rotatable bonds is 3. The highest BCUT2D eigenvalue weighted by Crippen LogP contribution is 2.35. The smallest absolute Gasteiger partial charge is 0.174 e. The van der Waals surface area contributed by atoms with E-state index >= 15 is 0 Å². The van der Waals surface area contributed by atoms with Gasteiger partial charge in [0.1, 0.15) is 5.66 Å². The van der Waals surface area contributed by atoms with E-state index in [1.807, 2.05) is 10.9 Å². The van der Waals surface area contributed by atoms with E-state index in [1.54, 1.807) is 6.20 Å². The Balaban J connectivity index is 1.68. The molecule has 6 nitrogen and oxygen atoms in total. The molecule has 2 aromatic rings. The minimum atomic E-state index is -0.617. The van der Waals surface area contributed by atoms with Gasteiger partial charge in [-0.25, -0.2) is 9.66 Å². The van der Waals surface area contributed by atoms with Crippen molar-refractivity contribution in [2.24, 2.45) is 17.4 Å². The molecule has 2 aliphatic rings. The molecule has 0 radical (unpaired) electrons. The first-order valence-electron chi connectivity index (χ1n) is 9.39. The minimum Gasteiger partial charge on any atom is -0.352 e. The summed E-state index contributed by atoms with van der Waals surface area (Å²) in [5.41, 5.74) is 20.3. The summed E-state index contributed by atoms with van der Waals surface area (Å²) in [5, 5.41) is 3.57. The fourth-order valence-corrected chi connectivity index (χ4v) is 4.07. The number of nitrogens with one attached hydrogen (secondary N) is 2. The van der Waals surface area contributed by atoms with Crippen molar-refractivity contribution in [1.82, 2.24) is 9.66 Å². The zero-order valence-electron chi connectivity index (χ0n) is 15.5. The number of hydrogen-bond acceptors (Lipinski definition) is 5. The summed E-state index contributed by atoms with van der Waals surface area (Å²) < 4.78 is 1.93. The second-order valence-corrected chi connectivity index (χ2v) is 7.71. The molecule has 1 unspecified atom stereocenters. The van der Waals surface area contributed by atoms with Crippen LogP contribution in [0.4, 0.5) is 5.69 Å². The maximum absolute atomic E-state index is 6.85. The molecule has 6 heteroatoms. The molecule has 1 aromatic carbocycles. The number of benzene rings is 1. The summed E-state index contributed by atoms with van der Waals surface area (Å²) in [5.74, 6) is 1.19. The van der Waals surface area contributed by atoms with E-state index in [-0.39, 0.29) is 0 Å². The van der Waals surface area contributed by atoms with Crippen LogP contribution >= 0.6 is 0 Å². The molecule has 4 rings (SSSR count). The van der Waals surface area contributed by atoms with Crippen LogP contribution in [0.25, 0.3) is 5.70 Å². The van der Waals surface area contributed by atoms with Gasteiger partial charge < -0.3 is 22.2 Å². The van der Waals surface area contributed by atoms with Crippen LogP contribution in [0, 0.1) is 19.8 Å². The predicted molar refractivity (Wildman–Crippen MR) is 106 cm³/mol. The number of aromatic nitrogens is 2. The summed E-state index contributed by atoms with van der Waals surface area (Å²) in [6.45, 7) is 4.25. The molecule has 26 heavy (non-hydrogen) atoms. The number of imidazole rings is 1. The first-order chi connectivity index (χ1) is 12.5. The zero-order chi connectivity index (χ0) is 18.3. The summed E-state index contributed by atoms with van der Waals surface area (Å²) in [4.78, 5) is 4.50. The van der Waals surface area contributed by atoms with Gasteiger partial charge in [-0.3, -0.25) is 0 Å². The van der Waals surface area contributed by atoms with Crippen LogP contribution in [0.3, 0.4) is 0 Å². The van der Waals surface area contributed by atoms with Crippen LogP contribution in [0.1, 0.15) is 42.6 Å². The SMILES string of the molecule is Cc1cccc(NC2=CC(N)(C3CCC(N)CC3)Nn3ccnc32)c1C. The van der Waals surface area contributed by atoms with Crippen LogP contribution in [0.5, 0.6) is 0 Å². The summed E-state index contributed by atoms with van der Waals surface area (Å²) in [6.07, 6.45) is 9.93. The van der Waals surface area contributed by atoms with Gasteiger partial charge in [-0.1, -0.05) is 12.1 Å². The first-order valence-corrected chi connectivity index (χ1v) is 9.39. The van der Waals surface area contributed by atoms with Crippen LogP contribution in [0.2, 0.25) is 0 Å². The number of nitrogens with two attached hydrogens (primary N) is 2. The maximum atomic E-state index is 6.85. The Kier molecular flexibility index (Phi) is 4.25. The first kappa shape index (κ1) is 17.1. The van der Waals surface area contributed by atoms with Crippen molar-refractivity contribution in [2.75, 3.05) is 10.7 Å². The molecule has 1 aromatic heterocycles. The third-order valence-electron chi connectivity index (χ3n) is 5.90. The predicted octanol–water partition coefficient (Wildman–Crippen LogP) is 2.68. The van der Waals surface area contributed by atoms with Gasteiger partial charge in [0.25, 0.3) is 0 Å². The average Bonchev–Trinajstić information content (AvgIpc) is 3.07. The highest BCUT2D eigenvalue weighted by molar-refractivity contribution is 5.77. The summed E-state index contributed by atoms with van der Waals surface area (Å²) in [6, 6.07) is 6.59. The highest BCUT2D eigenvalue weighted by Gasteiger charge is 2.39. The third kappa shape index (κ3) is 2.99. The summed E-state index contributed by atoms with van der Waals surface area (Å²) in [7, 11) is 0. The largest absolute Gasteiger partial charge is 0.352 e. The van der Waals surface area contributed by atoms with Gasteiger partial charge in [-0.05, 0) is 62.8 Å². The molecule has 1 saturated carbocycles. The molecule has 0 bridgehead atoms. The number of hydrogen-bond donors (Lipinski definition) is 4. The van der Waals surface area contributed by atoms with E-state index in [9.17, 15) is 0 Å². The van der Waals surface area contributed by atoms with Crippen molar-refractivity contribution in [3.63, 3.8) is 0 Å². The molecule has 2 heterocycles. The average molecular weight is 352 g/mol. The Morgan fingerprint density at radius 3 is 2.77 bits per heavy atom. The van der Waals surface area contributed by atoms with E-state index in [2.05, 4.69) is 53.8 Å². The molecule has 1 fully saturated rings. The van der Waals surface area contributed by atoms with Crippen molar-refractivity contribution in [3.05, 3.63) is 53.6 Å². The van der Waals surface area contributed by atoms with Gasteiger partial charge in [0.2, 0.25) is 0 Å². The van der Waals surface area contributed by atoms with Gasteiger partial charge in [-0.2, -0.15) is 0 Å². The fraction of sp³-hybridized carbons (Fsp3) is 0.450. The Morgan fingerprint density at radius 1 is 1.23 bits per heavy atom. The molecule has 0 saturated heterocycles. The number of fused-ring (bicyclic) bond motifs is 1. The topological polar surface area (TPSA) is 93.9 Å². The Morgan fingerprint density at radius 2 is 2.00 bits per heavy atom. The van der Waals surface area contributed by atoms with E-state index < -0.39 is 5.66 Å². The van der Waals surface area contributed by atoms with Gasteiger partial charge in [0, 0.05) is 30.0 Å². The lowest BCUT2D eigenvalue weighted by Gasteiger charge is -2.42. The minimum absolute atomic E-state index is 0.304. The lowest BCUT2D eigenvalue weighted by Crippen LogP contribution is -2.58. The molecule has 1 atom stereocenters. The molecular formula is C20H28N6. The molecule has 6 N–H and O–H groups in total. The summed E-state index contributed by atoms with van der Waals surface area (Å²) >= 11 is 0. The van der Waals surface area contributed by atoms with Crippen molar-refractivity contribution in [3.8, 4) is 0 Å². The highest BCUT2D eigenvalue weighted by atomic mass is 15.5. The second-order valence-electron chi connectivity index (χ2n) is 7.71. The van der Waals surface area contributed by atoms with E-state index in [0.717, 1.165) is 42.9 Å². The Hall–Kier alpha value is -2.31. The van der Waals surface area contributed by atoms with E-state index in [0.29, 0.717) is 12.0 Å². The molecule has 0 spiro atoms. The second kappa shape index (κ2) is 6.45. The maximum Gasteiger partial charge on any atom is 0.174 e. The molecule has 1 aliphatic carbocycles. The van der Waals surface area contributed by atoms with Crippen LogP contribution in [-0.2, 0) is 0 Å². The van der Waals surface area contributed by atoms with Gasteiger partial charge in [0.15, 0.2) is 5.82 Å². The Labute approximate surface area is 154 Å². The van der Waals surface area contributed by atoms with E-state index in [4.69, 9.17) is 11.5 Å². The Bertz CT molecular complexity index is 831. The molecule has 138 valence electrons. The van der Waals surface area contributed by atoms with Crippen molar-refractivity contribution >= 4 is 11.4 Å². The van der Waals surface area contributed by atoms with Crippen LogP contribution in [0.15, 0.2) is 36.7 Å². The van der Waals surface area contributed by atoms with Gasteiger partial charge >= 0.3 is 0 Å². The van der Waals surface area contributed by atoms with Gasteiger partial charge in [-0.15, -0.1) is 0 Å². The monoisotopic (exact) mass is 352 g/mol. The number of nitrogens with zero attached hydrogens (tertiary/aromatic N) is 2. The number of aryl methyl sites for hydroxylation is 1. The fourth-order valence-electron chi connectivity index (χ4n) is 4.07. The lowest BCUT2D eigenvalue weighted by atomic mass is 9.78. The van der Waals surface area contributed by atoms with Crippen molar-refractivity contribution < 1.29 is 0 Å². The lowest BCUT2D eigenvalue weighted by molar-refractivity contribution is 0.239. The van der Waals surface area contributed by atoms with E-state index in [1.165, 1.54) is 11.1 Å². The molecular weight excluding hydrogens is 324 g/mol. The van der Waals surface area contributed by atoms with Gasteiger partial charge in [0.05, 0.1) is 5.70 Å². The molecule has 1 aliphatic heterocycles. The zero-order valence-corrected chi connectivity index (χ0v) is 15.5. The quantitative estimate of drug-likeness (QED) is 0.681. The normalized spacial score (nSPS) is 28.1. The van der Waals surface area contributed by atoms with Crippen LogP contribution in [-0.4, -0.2) is 21.4 Å². The standard InChI is InChI=1S/C20H28N6/c1-13-4-3-5-17(14(13)2)24-18-12-20(22,15-6-8-16(21)9-7-15)25-26-11-10-23-19(18)26/h3-5,10-12,15-16,24-25H,6-9,21-22H2,1-2H3. The van der Waals surface area contributed by atoms with Crippen molar-refractivity contribution in [1.29, 1.82) is 0 Å². The third-order valence-corrected chi connectivity index (χ3v) is 5.90. The number of anilines is 1. The molecule has 0 amide bonds. The van der Waals surface area contributed by atoms with Crippen LogP contribution < -0.4 is 22.2 Å². The van der Waals surface area contributed by atoms with Crippen molar-refractivity contribution in [2.45, 2.75) is 51.2 Å².